The van der Waals surface area contributed by atoms with Crippen LogP contribution < -0.4 is 10.1 Å². The Labute approximate surface area is 107 Å². The van der Waals surface area contributed by atoms with Gasteiger partial charge in [-0.05, 0) is 37.8 Å². The van der Waals surface area contributed by atoms with Crippen LogP contribution in [0.2, 0.25) is 0 Å². The molecule has 1 heterocycles. The van der Waals surface area contributed by atoms with Crippen LogP contribution in [-0.4, -0.2) is 18.0 Å². The van der Waals surface area contributed by atoms with Crippen molar-refractivity contribution < 1.29 is 9.53 Å². The molecule has 1 aliphatic rings. The molecule has 1 atom stereocenters. The minimum atomic E-state index is -0.0112. The molecule has 1 aromatic rings. The number of aromatic nitrogens is 1. The molecule has 2 rings (SSSR count). The summed E-state index contributed by atoms with van der Waals surface area (Å²) in [5, 5.41) is 2.82. The zero-order valence-electron chi connectivity index (χ0n) is 10.8. The average molecular weight is 246 g/mol. The molecular formula is C14H18N2O2. The molecule has 18 heavy (non-hydrogen) atoms. The largest absolute Gasteiger partial charge is 0.493 e. The van der Waals surface area contributed by atoms with E-state index in [1.54, 1.807) is 7.11 Å². The van der Waals surface area contributed by atoms with E-state index in [2.05, 4.69) is 22.5 Å². The number of carbonyl (C=O) groups is 1. The number of nitrogens with zero attached hydrogens (tertiary/aromatic N) is 1. The van der Waals surface area contributed by atoms with Gasteiger partial charge in [0.2, 0.25) is 5.91 Å². The maximum atomic E-state index is 11.9. The summed E-state index contributed by atoms with van der Waals surface area (Å²) in [5.74, 6) is 1.45. The van der Waals surface area contributed by atoms with Crippen molar-refractivity contribution in [1.29, 1.82) is 0 Å². The summed E-state index contributed by atoms with van der Waals surface area (Å²) in [5.41, 5.74) is 0.854. The minimum Gasteiger partial charge on any atom is -0.493 e. The quantitative estimate of drug-likeness (QED) is 0.831. The zero-order valence-corrected chi connectivity index (χ0v) is 10.8. The highest BCUT2D eigenvalue weighted by Gasteiger charge is 2.15. The van der Waals surface area contributed by atoms with Crippen molar-refractivity contribution in [3.8, 4) is 5.75 Å². The van der Waals surface area contributed by atoms with Crippen molar-refractivity contribution in [2.24, 2.45) is 5.92 Å². The number of methoxy groups -OCH3 is 1. The molecule has 4 heteroatoms. The number of carbonyl (C=O) groups excluding carboxylic acids is 1. The molecule has 1 amide bonds. The number of hydrogen-bond donors (Lipinski definition) is 1. The summed E-state index contributed by atoms with van der Waals surface area (Å²) in [6.07, 6.45) is 6.88. The molecule has 1 aliphatic carbocycles. The molecular weight excluding hydrogens is 228 g/mol. The van der Waals surface area contributed by atoms with Crippen LogP contribution in [0.1, 0.15) is 25.0 Å². The van der Waals surface area contributed by atoms with Crippen LogP contribution in [0.25, 0.3) is 0 Å². The van der Waals surface area contributed by atoms with Gasteiger partial charge in [0.25, 0.3) is 0 Å². The van der Waals surface area contributed by atoms with Gasteiger partial charge in [0.15, 0.2) is 11.6 Å². The first-order chi connectivity index (χ1) is 8.69. The maximum absolute atomic E-state index is 11.9. The Balaban J connectivity index is 2.01. The number of allylic oxidation sites excluding steroid dienone is 2. The Morgan fingerprint density at radius 3 is 3.06 bits per heavy atom. The van der Waals surface area contributed by atoms with E-state index in [0.717, 1.165) is 18.5 Å². The van der Waals surface area contributed by atoms with Crippen molar-refractivity contribution in [2.75, 3.05) is 12.4 Å². The predicted octanol–water partition coefficient (Wildman–Crippen LogP) is 2.69. The lowest BCUT2D eigenvalue weighted by molar-refractivity contribution is -0.116. The SMILES string of the molecule is COc1ccc(C)nc1NC(=O)C[C@H]1C=CCC1. The van der Waals surface area contributed by atoms with E-state index >= 15 is 0 Å². The minimum absolute atomic E-state index is 0.0112. The van der Waals surface area contributed by atoms with E-state index < -0.39 is 0 Å². The molecule has 0 saturated carbocycles. The third kappa shape index (κ3) is 3.09. The molecule has 0 spiro atoms. The van der Waals surface area contributed by atoms with Crippen LogP contribution in [0, 0.1) is 12.8 Å². The van der Waals surface area contributed by atoms with E-state index in [0.29, 0.717) is 23.9 Å². The Bertz CT molecular complexity index is 469. The molecule has 1 N–H and O–H groups in total. The third-order valence-electron chi connectivity index (χ3n) is 3.04. The van der Waals surface area contributed by atoms with E-state index in [1.807, 2.05) is 19.1 Å². The maximum Gasteiger partial charge on any atom is 0.226 e. The molecule has 1 aromatic heterocycles. The van der Waals surface area contributed by atoms with Gasteiger partial charge in [0.05, 0.1) is 7.11 Å². The number of hydrogen-bond acceptors (Lipinski definition) is 3. The molecule has 0 radical (unpaired) electrons. The summed E-state index contributed by atoms with van der Waals surface area (Å²) >= 11 is 0. The first-order valence-electron chi connectivity index (χ1n) is 6.17. The Morgan fingerprint density at radius 2 is 2.39 bits per heavy atom. The highest BCUT2D eigenvalue weighted by Crippen LogP contribution is 2.24. The van der Waals surface area contributed by atoms with Crippen LogP contribution in [0.4, 0.5) is 5.82 Å². The number of amides is 1. The second-order valence-electron chi connectivity index (χ2n) is 4.52. The Morgan fingerprint density at radius 1 is 1.56 bits per heavy atom. The van der Waals surface area contributed by atoms with Gasteiger partial charge < -0.3 is 10.1 Å². The van der Waals surface area contributed by atoms with Gasteiger partial charge in [0, 0.05) is 12.1 Å². The molecule has 0 aliphatic heterocycles. The van der Waals surface area contributed by atoms with Crippen LogP contribution in [0.5, 0.6) is 5.75 Å². The van der Waals surface area contributed by atoms with Crippen molar-refractivity contribution >= 4 is 11.7 Å². The van der Waals surface area contributed by atoms with Crippen molar-refractivity contribution in [2.45, 2.75) is 26.2 Å². The van der Waals surface area contributed by atoms with E-state index in [4.69, 9.17) is 4.74 Å². The summed E-state index contributed by atoms with van der Waals surface area (Å²) in [6, 6.07) is 3.67. The normalized spacial score (nSPS) is 17.8. The lowest BCUT2D eigenvalue weighted by Crippen LogP contribution is -2.16. The lowest BCUT2D eigenvalue weighted by atomic mass is 10.1. The summed E-state index contributed by atoms with van der Waals surface area (Å²) in [6.45, 7) is 1.88. The van der Waals surface area contributed by atoms with E-state index in [9.17, 15) is 4.79 Å². The molecule has 96 valence electrons. The molecule has 0 aromatic carbocycles. The number of rotatable bonds is 4. The number of pyridine rings is 1. The van der Waals surface area contributed by atoms with Gasteiger partial charge in [-0.15, -0.1) is 0 Å². The second kappa shape index (κ2) is 5.67. The molecule has 0 fully saturated rings. The van der Waals surface area contributed by atoms with Crippen LogP contribution in [0.15, 0.2) is 24.3 Å². The average Bonchev–Trinajstić information content (AvgIpc) is 2.82. The first-order valence-corrected chi connectivity index (χ1v) is 6.17. The van der Waals surface area contributed by atoms with E-state index in [-0.39, 0.29) is 5.91 Å². The molecule has 0 saturated heterocycles. The molecule has 0 bridgehead atoms. The van der Waals surface area contributed by atoms with Crippen molar-refractivity contribution in [1.82, 2.24) is 4.98 Å². The summed E-state index contributed by atoms with van der Waals surface area (Å²) in [7, 11) is 1.57. The fourth-order valence-corrected chi connectivity index (χ4v) is 2.08. The Hall–Kier alpha value is -1.84. The number of ether oxygens (including phenoxy) is 1. The molecule has 4 nitrogen and oxygen atoms in total. The van der Waals surface area contributed by atoms with Gasteiger partial charge in [-0.1, -0.05) is 12.2 Å². The Kier molecular flexibility index (Phi) is 3.97. The zero-order chi connectivity index (χ0) is 13.0. The van der Waals surface area contributed by atoms with Gasteiger partial charge in [-0.2, -0.15) is 0 Å². The first kappa shape index (κ1) is 12.6. The topological polar surface area (TPSA) is 51.2 Å². The van der Waals surface area contributed by atoms with Crippen LogP contribution in [0.3, 0.4) is 0 Å². The van der Waals surface area contributed by atoms with Crippen molar-refractivity contribution in [3.05, 3.63) is 30.0 Å². The summed E-state index contributed by atoms with van der Waals surface area (Å²) in [4.78, 5) is 16.2. The van der Waals surface area contributed by atoms with Gasteiger partial charge >= 0.3 is 0 Å². The fourth-order valence-electron chi connectivity index (χ4n) is 2.08. The highest BCUT2D eigenvalue weighted by atomic mass is 16.5. The monoisotopic (exact) mass is 246 g/mol. The third-order valence-corrected chi connectivity index (χ3v) is 3.04. The number of nitrogens with one attached hydrogen (secondary N) is 1. The summed E-state index contributed by atoms with van der Waals surface area (Å²) < 4.78 is 5.18. The van der Waals surface area contributed by atoms with Crippen molar-refractivity contribution in [3.63, 3.8) is 0 Å². The second-order valence-corrected chi connectivity index (χ2v) is 4.52. The standard InChI is InChI=1S/C14H18N2O2/c1-10-7-8-12(18-2)14(15-10)16-13(17)9-11-5-3-4-6-11/h3,5,7-8,11H,4,6,9H2,1-2H3,(H,15,16,17)/t11-/m0/s1. The van der Waals surface area contributed by atoms with E-state index in [1.165, 1.54) is 0 Å². The van der Waals surface area contributed by atoms with Gasteiger partial charge in [-0.3, -0.25) is 4.79 Å². The number of anilines is 1. The predicted molar refractivity (Wildman–Crippen MR) is 70.6 cm³/mol. The lowest BCUT2D eigenvalue weighted by Gasteiger charge is -2.11. The fraction of sp³-hybridized carbons (Fsp3) is 0.429. The van der Waals surface area contributed by atoms with Crippen LogP contribution >= 0.6 is 0 Å². The number of aryl methyl sites for hydroxylation is 1. The molecule has 0 unspecified atom stereocenters. The van der Waals surface area contributed by atoms with Gasteiger partial charge in [0.1, 0.15) is 0 Å². The van der Waals surface area contributed by atoms with Crippen LogP contribution in [-0.2, 0) is 4.79 Å². The van der Waals surface area contributed by atoms with Gasteiger partial charge in [-0.25, -0.2) is 4.98 Å². The highest BCUT2D eigenvalue weighted by molar-refractivity contribution is 5.91. The smallest absolute Gasteiger partial charge is 0.226 e.